The zero-order valence-corrected chi connectivity index (χ0v) is 9.90. The van der Waals surface area contributed by atoms with Crippen LogP contribution in [0, 0.1) is 0 Å². The molecular formula is C9H10ClN3Se. The summed E-state index contributed by atoms with van der Waals surface area (Å²) in [5, 5.41) is 0. The van der Waals surface area contributed by atoms with Crippen LogP contribution in [0.4, 0.5) is 5.82 Å². The van der Waals surface area contributed by atoms with Crippen LogP contribution in [0.3, 0.4) is 0 Å². The molecule has 2 rings (SSSR count). The molecule has 0 saturated heterocycles. The molecule has 2 N–H and O–H groups in total. The van der Waals surface area contributed by atoms with E-state index in [1.54, 1.807) is 6.33 Å². The Hall–Kier alpha value is -0.831. The molecule has 14 heavy (non-hydrogen) atoms. The molecule has 0 unspecified atom stereocenters. The topological polar surface area (TPSA) is 42.8 Å². The third-order valence-electron chi connectivity index (χ3n) is 1.71. The van der Waals surface area contributed by atoms with Gasteiger partial charge in [0, 0.05) is 0 Å². The van der Waals surface area contributed by atoms with Crippen LogP contribution in [-0.4, -0.2) is 19.5 Å². The van der Waals surface area contributed by atoms with Crippen molar-refractivity contribution in [1.29, 1.82) is 0 Å². The largest absolute Gasteiger partial charge is 1.00 e. The quantitative estimate of drug-likeness (QED) is 0.470. The van der Waals surface area contributed by atoms with Gasteiger partial charge in [0.25, 0.3) is 0 Å². The number of hydrogen-bond acceptors (Lipinski definition) is 2. The van der Waals surface area contributed by atoms with E-state index in [4.69, 9.17) is 5.73 Å². The van der Waals surface area contributed by atoms with Crippen LogP contribution in [-0.2, 0) is 6.54 Å². The second kappa shape index (κ2) is 5.15. The predicted molar refractivity (Wildman–Crippen MR) is 51.3 cm³/mol. The number of rotatable bonds is 2. The standard InChI is InChI=1S/C9H9N3Se.ClH/c10-9-3-4-12(7-11-9)6-8-2-1-5-13-8;/h1-5,7,10H,6H2;1H. The third kappa shape index (κ3) is 2.84. The molecule has 2 aromatic heterocycles. The number of anilines is 1. The van der Waals surface area contributed by atoms with E-state index >= 15 is 0 Å². The van der Waals surface area contributed by atoms with Crippen molar-refractivity contribution in [2.24, 2.45) is 0 Å². The first kappa shape index (κ1) is 11.2. The molecular weight excluding hydrogens is 265 g/mol. The Kier molecular flexibility index (Phi) is 4.14. The second-order valence-electron chi connectivity index (χ2n) is 2.74. The summed E-state index contributed by atoms with van der Waals surface area (Å²) < 4.78 is 3.50. The first-order valence-corrected chi connectivity index (χ1v) is 5.82. The molecule has 2 aromatic rings. The molecule has 0 spiro atoms. The van der Waals surface area contributed by atoms with E-state index in [1.165, 1.54) is 4.44 Å². The smallest absolute Gasteiger partial charge is 1.00 e. The van der Waals surface area contributed by atoms with Crippen molar-refractivity contribution in [1.82, 2.24) is 4.98 Å². The SMILES string of the molecule is Nc1cc[n+](Cc2ccc[se]2)cn1.[Cl-]. The van der Waals surface area contributed by atoms with Crippen molar-refractivity contribution in [2.45, 2.75) is 6.54 Å². The predicted octanol–water partition coefficient (Wildman–Crippen LogP) is -2.94. The summed E-state index contributed by atoms with van der Waals surface area (Å²) in [5.41, 5.74) is 5.49. The zero-order chi connectivity index (χ0) is 9.10. The fourth-order valence-corrected chi connectivity index (χ4v) is 2.57. The van der Waals surface area contributed by atoms with Gasteiger partial charge in [-0.05, 0) is 0 Å². The summed E-state index contributed by atoms with van der Waals surface area (Å²) in [6.45, 7) is 0.931. The van der Waals surface area contributed by atoms with Gasteiger partial charge >= 0.3 is 82.3 Å². The minimum atomic E-state index is 0. The van der Waals surface area contributed by atoms with Gasteiger partial charge < -0.3 is 12.4 Å². The molecule has 3 nitrogen and oxygen atoms in total. The number of halogens is 1. The summed E-state index contributed by atoms with van der Waals surface area (Å²) in [6.07, 6.45) is 3.72. The summed E-state index contributed by atoms with van der Waals surface area (Å²) in [4.78, 5) is 6.24. The van der Waals surface area contributed by atoms with Crippen molar-refractivity contribution in [3.8, 4) is 0 Å². The van der Waals surface area contributed by atoms with Crippen molar-refractivity contribution < 1.29 is 17.0 Å². The Morgan fingerprint density at radius 2 is 2.29 bits per heavy atom. The van der Waals surface area contributed by atoms with Gasteiger partial charge in [-0.2, -0.15) is 0 Å². The van der Waals surface area contributed by atoms with Gasteiger partial charge in [0.05, 0.1) is 0 Å². The summed E-state index contributed by atoms with van der Waals surface area (Å²) in [5.74, 6) is 0.570. The van der Waals surface area contributed by atoms with Crippen LogP contribution in [0.25, 0.3) is 0 Å². The molecule has 0 aliphatic heterocycles. The molecule has 2 heterocycles. The van der Waals surface area contributed by atoms with E-state index in [9.17, 15) is 0 Å². The molecule has 0 aliphatic carbocycles. The zero-order valence-electron chi connectivity index (χ0n) is 7.43. The van der Waals surface area contributed by atoms with Gasteiger partial charge in [-0.25, -0.2) is 0 Å². The van der Waals surface area contributed by atoms with Crippen LogP contribution in [0.5, 0.6) is 0 Å². The maximum Gasteiger partial charge on any atom is -1.00 e. The van der Waals surface area contributed by atoms with E-state index in [1.807, 2.05) is 16.8 Å². The van der Waals surface area contributed by atoms with Crippen molar-refractivity contribution in [2.75, 3.05) is 5.73 Å². The number of nitrogen functional groups attached to an aromatic ring is 1. The fourth-order valence-electron chi connectivity index (χ4n) is 1.07. The Morgan fingerprint density at radius 1 is 1.43 bits per heavy atom. The van der Waals surface area contributed by atoms with Crippen LogP contribution >= 0.6 is 0 Å². The van der Waals surface area contributed by atoms with Crippen LogP contribution in [0.1, 0.15) is 4.44 Å². The van der Waals surface area contributed by atoms with Gasteiger partial charge in [0.1, 0.15) is 0 Å². The molecule has 0 bridgehead atoms. The average molecular weight is 275 g/mol. The van der Waals surface area contributed by atoms with E-state index in [0.29, 0.717) is 20.3 Å². The van der Waals surface area contributed by atoms with Gasteiger partial charge in [-0.15, -0.1) is 0 Å². The Labute approximate surface area is 94.8 Å². The van der Waals surface area contributed by atoms with Gasteiger partial charge in [-0.3, -0.25) is 0 Å². The van der Waals surface area contributed by atoms with E-state index in [2.05, 4.69) is 22.1 Å². The third-order valence-corrected chi connectivity index (χ3v) is 3.52. The molecule has 0 radical (unpaired) electrons. The molecule has 0 aromatic carbocycles. The summed E-state index contributed by atoms with van der Waals surface area (Å²) >= 11 is 0.536. The summed E-state index contributed by atoms with van der Waals surface area (Å²) in [6, 6.07) is 6.10. The van der Waals surface area contributed by atoms with E-state index in [0.717, 1.165) is 6.54 Å². The minimum Gasteiger partial charge on any atom is -1.00 e. The Bertz CT molecular complexity index is 371. The Morgan fingerprint density at radius 3 is 2.86 bits per heavy atom. The first-order valence-electron chi connectivity index (χ1n) is 3.97. The van der Waals surface area contributed by atoms with Crippen molar-refractivity contribution in [3.05, 3.63) is 40.1 Å². The number of nitrogens with two attached hydrogens (primary N) is 1. The first-order chi connectivity index (χ1) is 6.34. The van der Waals surface area contributed by atoms with Crippen LogP contribution in [0.15, 0.2) is 35.7 Å². The molecule has 0 atom stereocenters. The fraction of sp³-hybridized carbons (Fsp3) is 0.111. The van der Waals surface area contributed by atoms with Gasteiger partial charge in [-0.1, -0.05) is 0 Å². The van der Waals surface area contributed by atoms with Crippen LogP contribution in [0.2, 0.25) is 0 Å². The maximum absolute atomic E-state index is 5.49. The monoisotopic (exact) mass is 275 g/mol. The van der Waals surface area contributed by atoms with Gasteiger partial charge in [0.15, 0.2) is 0 Å². The normalized spacial score (nSPS) is 9.43. The van der Waals surface area contributed by atoms with Crippen LogP contribution < -0.4 is 22.7 Å². The average Bonchev–Trinajstić information content (AvgIpc) is 2.62. The van der Waals surface area contributed by atoms with Crippen molar-refractivity contribution in [3.63, 3.8) is 0 Å². The minimum absolute atomic E-state index is 0. The maximum atomic E-state index is 5.49. The number of hydrogen-bond donors (Lipinski definition) is 1. The van der Waals surface area contributed by atoms with E-state index < -0.39 is 0 Å². The molecule has 5 heteroatoms. The molecule has 0 fully saturated rings. The molecule has 74 valence electrons. The number of aromatic nitrogens is 2. The second-order valence-corrected chi connectivity index (χ2v) is 4.90. The number of nitrogens with zero attached hydrogens (tertiary/aromatic N) is 2. The van der Waals surface area contributed by atoms with Crippen molar-refractivity contribution >= 4 is 20.3 Å². The molecule has 0 aliphatic rings. The van der Waals surface area contributed by atoms with Gasteiger partial charge in [0.2, 0.25) is 0 Å². The Balaban J connectivity index is 0.000000980. The molecule has 0 amide bonds. The summed E-state index contributed by atoms with van der Waals surface area (Å²) in [7, 11) is 0. The van der Waals surface area contributed by atoms with E-state index in [-0.39, 0.29) is 12.4 Å². The molecule has 0 saturated carbocycles.